The molecule has 0 radical (unpaired) electrons. The second-order valence-electron chi connectivity index (χ2n) is 6.68. The smallest absolute Gasteiger partial charge is 0.252 e. The van der Waals surface area contributed by atoms with Crippen molar-refractivity contribution in [2.24, 2.45) is 0 Å². The van der Waals surface area contributed by atoms with E-state index >= 15 is 0 Å². The normalized spacial score (nSPS) is 13.2. The van der Waals surface area contributed by atoms with Crippen molar-refractivity contribution in [2.45, 2.75) is 32.2 Å². The molecule has 1 aliphatic rings. The summed E-state index contributed by atoms with van der Waals surface area (Å²) in [5, 5.41) is 7.91. The van der Waals surface area contributed by atoms with Gasteiger partial charge in [-0.1, -0.05) is 12.1 Å². The van der Waals surface area contributed by atoms with Crippen molar-refractivity contribution in [2.75, 3.05) is 6.54 Å². The van der Waals surface area contributed by atoms with Gasteiger partial charge < -0.3 is 5.32 Å². The van der Waals surface area contributed by atoms with Gasteiger partial charge in [0.1, 0.15) is 0 Å². The lowest BCUT2D eigenvalue weighted by atomic mass is 9.94. The van der Waals surface area contributed by atoms with Crippen molar-refractivity contribution in [3.63, 3.8) is 0 Å². The fraction of sp³-hybridized carbons (Fsp3) is 0.286. The number of nitrogens with zero attached hydrogens (tertiary/aromatic N) is 3. The Bertz CT molecular complexity index is 952. The topological polar surface area (TPSA) is 59.8 Å². The Labute approximate surface area is 172 Å². The number of rotatable bonds is 5. The number of pyridine rings is 1. The molecule has 0 spiro atoms. The number of carbonyl (C=O) groups is 1. The van der Waals surface area contributed by atoms with Gasteiger partial charge in [0.2, 0.25) is 0 Å². The fourth-order valence-corrected chi connectivity index (χ4v) is 4.25. The Morgan fingerprint density at radius 1 is 1.11 bits per heavy atom. The zero-order valence-corrected chi connectivity index (χ0v) is 17.1. The van der Waals surface area contributed by atoms with Crippen LogP contribution in [0.15, 0.2) is 48.8 Å². The van der Waals surface area contributed by atoms with Crippen LogP contribution in [0.25, 0.3) is 11.3 Å². The van der Waals surface area contributed by atoms with Crippen LogP contribution >= 0.6 is 22.6 Å². The van der Waals surface area contributed by atoms with Crippen molar-refractivity contribution >= 4 is 28.5 Å². The molecule has 2 heterocycles. The van der Waals surface area contributed by atoms with Crippen LogP contribution < -0.4 is 5.32 Å². The van der Waals surface area contributed by atoms with Crippen LogP contribution in [0.3, 0.4) is 0 Å². The summed E-state index contributed by atoms with van der Waals surface area (Å²) in [6.07, 6.45) is 8.15. The van der Waals surface area contributed by atoms with Gasteiger partial charge in [0.05, 0.1) is 17.8 Å². The average molecular weight is 472 g/mol. The summed E-state index contributed by atoms with van der Waals surface area (Å²) < 4.78 is 3.05. The van der Waals surface area contributed by atoms with E-state index < -0.39 is 0 Å². The Hall–Kier alpha value is -2.22. The van der Waals surface area contributed by atoms with Crippen LogP contribution in [-0.2, 0) is 19.4 Å². The summed E-state index contributed by atoms with van der Waals surface area (Å²) in [7, 11) is 0. The molecular formula is C21H21IN4O. The molecule has 0 bridgehead atoms. The summed E-state index contributed by atoms with van der Waals surface area (Å²) >= 11 is 2.19. The minimum Gasteiger partial charge on any atom is -0.350 e. The molecule has 1 aliphatic carbocycles. The van der Waals surface area contributed by atoms with Crippen molar-refractivity contribution < 1.29 is 4.79 Å². The number of fused-ring (bicyclic) bond motifs is 1. The summed E-state index contributed by atoms with van der Waals surface area (Å²) in [6, 6.07) is 11.7. The molecule has 0 aliphatic heterocycles. The van der Waals surface area contributed by atoms with E-state index in [2.05, 4.69) is 37.6 Å². The minimum absolute atomic E-state index is 0.0321. The Morgan fingerprint density at radius 3 is 2.70 bits per heavy atom. The molecule has 0 unspecified atom stereocenters. The maximum atomic E-state index is 12.4. The third-order valence-corrected chi connectivity index (χ3v) is 5.88. The minimum atomic E-state index is -0.0321. The predicted molar refractivity (Wildman–Crippen MR) is 114 cm³/mol. The lowest BCUT2D eigenvalue weighted by Gasteiger charge is -2.14. The quantitative estimate of drug-likeness (QED) is 0.574. The second kappa shape index (κ2) is 8.21. The Kier molecular flexibility index (Phi) is 5.52. The van der Waals surface area contributed by atoms with Crippen molar-refractivity contribution in [1.82, 2.24) is 20.1 Å². The van der Waals surface area contributed by atoms with Gasteiger partial charge in [0, 0.05) is 39.3 Å². The predicted octanol–water partition coefficient (Wildman–Crippen LogP) is 3.86. The summed E-state index contributed by atoms with van der Waals surface area (Å²) in [6.45, 7) is 1.25. The number of nitrogens with one attached hydrogen (secondary N) is 1. The van der Waals surface area contributed by atoms with Gasteiger partial charge in [-0.2, -0.15) is 5.10 Å². The van der Waals surface area contributed by atoms with Gasteiger partial charge in [-0.25, -0.2) is 0 Å². The zero-order chi connectivity index (χ0) is 18.6. The maximum absolute atomic E-state index is 12.4. The van der Waals surface area contributed by atoms with E-state index in [4.69, 9.17) is 5.10 Å². The van der Waals surface area contributed by atoms with E-state index in [1.54, 1.807) is 0 Å². The molecule has 2 aromatic heterocycles. The highest BCUT2D eigenvalue weighted by Crippen LogP contribution is 2.30. The van der Waals surface area contributed by atoms with Crippen LogP contribution in [0.1, 0.15) is 34.5 Å². The fourth-order valence-electron chi connectivity index (χ4n) is 3.61. The highest BCUT2D eigenvalue weighted by Gasteiger charge is 2.21. The first kappa shape index (κ1) is 18.2. The number of benzene rings is 1. The van der Waals surface area contributed by atoms with Crippen molar-refractivity contribution in [1.29, 1.82) is 0 Å². The standard InChI is InChI=1S/C21H21IN4O/c22-18-7-3-1-5-16(18)21(27)24-13-14-26-19-8-4-2-6-17(19)20(25-26)15-9-11-23-12-10-15/h1,3,5,7,9-12H,2,4,6,8,13-14H2,(H,24,27). The second-order valence-corrected chi connectivity index (χ2v) is 7.84. The third kappa shape index (κ3) is 3.90. The average Bonchev–Trinajstić information content (AvgIpc) is 3.08. The summed E-state index contributed by atoms with van der Waals surface area (Å²) in [5.41, 5.74) is 5.58. The molecule has 3 aromatic rings. The van der Waals surface area contributed by atoms with Crippen molar-refractivity contribution in [3.05, 3.63) is 69.2 Å². The molecular weight excluding hydrogens is 451 g/mol. The van der Waals surface area contributed by atoms with Gasteiger partial charge in [0.15, 0.2) is 0 Å². The number of aromatic nitrogens is 3. The molecule has 0 atom stereocenters. The molecule has 1 amide bonds. The molecule has 5 nitrogen and oxygen atoms in total. The van der Waals surface area contributed by atoms with E-state index in [-0.39, 0.29) is 5.91 Å². The monoisotopic (exact) mass is 472 g/mol. The van der Waals surface area contributed by atoms with Crippen LogP contribution in [0.2, 0.25) is 0 Å². The lowest BCUT2D eigenvalue weighted by molar-refractivity contribution is 0.0951. The number of halogens is 1. The van der Waals surface area contributed by atoms with Gasteiger partial charge in [-0.15, -0.1) is 0 Å². The van der Waals surface area contributed by atoms with Crippen LogP contribution in [0.5, 0.6) is 0 Å². The molecule has 27 heavy (non-hydrogen) atoms. The van der Waals surface area contributed by atoms with Gasteiger partial charge in [-0.3, -0.25) is 14.5 Å². The molecule has 4 rings (SSSR count). The summed E-state index contributed by atoms with van der Waals surface area (Å²) in [5.74, 6) is -0.0321. The SMILES string of the molecule is O=C(NCCn1nc(-c2ccncc2)c2c1CCCC2)c1ccccc1I. The first-order valence-corrected chi connectivity index (χ1v) is 10.3. The molecule has 0 saturated heterocycles. The van der Waals surface area contributed by atoms with Gasteiger partial charge in [0.25, 0.3) is 5.91 Å². The summed E-state index contributed by atoms with van der Waals surface area (Å²) in [4.78, 5) is 16.5. The van der Waals surface area contributed by atoms with Crippen LogP contribution in [0, 0.1) is 3.57 Å². The number of amides is 1. The van der Waals surface area contributed by atoms with Crippen molar-refractivity contribution in [3.8, 4) is 11.3 Å². The molecule has 1 aromatic carbocycles. The first-order valence-electron chi connectivity index (χ1n) is 9.25. The van der Waals surface area contributed by atoms with E-state index in [9.17, 15) is 4.79 Å². The zero-order valence-electron chi connectivity index (χ0n) is 15.0. The lowest BCUT2D eigenvalue weighted by Crippen LogP contribution is -2.28. The maximum Gasteiger partial charge on any atom is 0.252 e. The van der Waals surface area contributed by atoms with Gasteiger partial charge >= 0.3 is 0 Å². The van der Waals surface area contributed by atoms with E-state index in [0.717, 1.165) is 33.2 Å². The van der Waals surface area contributed by atoms with Crippen LogP contribution in [-0.4, -0.2) is 27.2 Å². The Morgan fingerprint density at radius 2 is 1.89 bits per heavy atom. The molecule has 138 valence electrons. The Balaban J connectivity index is 1.50. The van der Waals surface area contributed by atoms with Crippen LogP contribution in [0.4, 0.5) is 0 Å². The number of hydrogen-bond donors (Lipinski definition) is 1. The van der Waals surface area contributed by atoms with E-state index in [0.29, 0.717) is 13.1 Å². The van der Waals surface area contributed by atoms with Gasteiger partial charge in [-0.05, 0) is 72.5 Å². The molecule has 6 heteroatoms. The van der Waals surface area contributed by atoms with E-state index in [1.165, 1.54) is 24.1 Å². The van der Waals surface area contributed by atoms with E-state index in [1.807, 2.05) is 48.8 Å². The molecule has 1 N–H and O–H groups in total. The first-order chi connectivity index (χ1) is 13.2. The highest BCUT2D eigenvalue weighted by atomic mass is 127. The third-order valence-electron chi connectivity index (χ3n) is 4.94. The molecule has 0 fully saturated rings. The number of carbonyl (C=O) groups excluding carboxylic acids is 1. The number of hydrogen-bond acceptors (Lipinski definition) is 3. The molecule has 0 saturated carbocycles. The largest absolute Gasteiger partial charge is 0.350 e. The highest BCUT2D eigenvalue weighted by molar-refractivity contribution is 14.1.